The van der Waals surface area contributed by atoms with Crippen LogP contribution in [0.15, 0.2) is 24.3 Å². The number of nitrogens with zero attached hydrogens (tertiary/aromatic N) is 1. The van der Waals surface area contributed by atoms with Crippen molar-refractivity contribution in [3.8, 4) is 0 Å². The number of para-hydroxylation sites is 1. The zero-order valence-corrected chi connectivity index (χ0v) is 14.9. The lowest BCUT2D eigenvalue weighted by Crippen LogP contribution is -2.36. The Morgan fingerprint density at radius 1 is 1.15 bits per heavy atom. The Bertz CT molecular complexity index is 688. The van der Waals surface area contributed by atoms with Crippen molar-refractivity contribution in [1.82, 2.24) is 5.32 Å². The number of carboxylic acid groups (broad SMARTS) is 1. The average molecular weight is 358 g/mol. The molecule has 26 heavy (non-hydrogen) atoms. The van der Waals surface area contributed by atoms with Gasteiger partial charge in [-0.05, 0) is 43.7 Å². The highest BCUT2D eigenvalue weighted by Crippen LogP contribution is 2.30. The maximum absolute atomic E-state index is 12.4. The minimum absolute atomic E-state index is 0.0742. The van der Waals surface area contributed by atoms with E-state index in [0.717, 1.165) is 31.5 Å². The molecule has 1 aliphatic carbocycles. The minimum Gasteiger partial charge on any atom is -0.481 e. The molecule has 2 amide bonds. The molecular formula is C20H26N2O4. The van der Waals surface area contributed by atoms with Crippen LogP contribution in [0, 0.1) is 11.8 Å². The molecule has 2 N–H and O–H groups in total. The smallest absolute Gasteiger partial charge is 0.306 e. The Morgan fingerprint density at radius 2 is 1.92 bits per heavy atom. The van der Waals surface area contributed by atoms with Crippen LogP contribution >= 0.6 is 0 Å². The molecule has 1 aromatic rings. The molecule has 1 aliphatic heterocycles. The number of anilines is 1. The van der Waals surface area contributed by atoms with Gasteiger partial charge in [0.2, 0.25) is 11.8 Å². The summed E-state index contributed by atoms with van der Waals surface area (Å²) in [4.78, 5) is 37.6. The highest BCUT2D eigenvalue weighted by atomic mass is 16.4. The van der Waals surface area contributed by atoms with Gasteiger partial charge in [0.15, 0.2) is 0 Å². The monoisotopic (exact) mass is 358 g/mol. The Balaban J connectivity index is 1.40. The number of carboxylic acids is 1. The molecule has 3 rings (SSSR count). The summed E-state index contributed by atoms with van der Waals surface area (Å²) >= 11 is 0. The van der Waals surface area contributed by atoms with Crippen molar-refractivity contribution < 1.29 is 19.5 Å². The Kier molecular flexibility index (Phi) is 5.91. The molecule has 140 valence electrons. The molecule has 6 nitrogen and oxygen atoms in total. The third-order valence-corrected chi connectivity index (χ3v) is 5.45. The number of amides is 2. The summed E-state index contributed by atoms with van der Waals surface area (Å²) in [6, 6.07) is 7.96. The summed E-state index contributed by atoms with van der Waals surface area (Å²) in [6.07, 6.45) is 4.50. The number of carbonyl (C=O) groups excluding carboxylic acids is 2. The molecule has 0 saturated heterocycles. The van der Waals surface area contributed by atoms with E-state index in [9.17, 15) is 14.4 Å². The maximum Gasteiger partial charge on any atom is 0.306 e. The van der Waals surface area contributed by atoms with Crippen molar-refractivity contribution >= 4 is 23.5 Å². The molecule has 2 aliphatic rings. The molecule has 1 heterocycles. The van der Waals surface area contributed by atoms with E-state index >= 15 is 0 Å². The number of fused-ring (bicyclic) bond motifs is 1. The molecule has 0 radical (unpaired) electrons. The summed E-state index contributed by atoms with van der Waals surface area (Å²) < 4.78 is 0. The quantitative estimate of drug-likeness (QED) is 0.765. The fourth-order valence-corrected chi connectivity index (χ4v) is 3.98. The van der Waals surface area contributed by atoms with Crippen LogP contribution in [-0.4, -0.2) is 36.0 Å². The van der Waals surface area contributed by atoms with E-state index in [1.165, 1.54) is 5.56 Å². The molecule has 2 atom stereocenters. The molecule has 0 spiro atoms. The molecule has 0 aromatic heterocycles. The number of carbonyl (C=O) groups is 3. The number of nitrogens with one attached hydrogen (secondary N) is 1. The zero-order valence-electron chi connectivity index (χ0n) is 14.9. The Hall–Kier alpha value is -2.37. The predicted octanol–water partition coefficient (Wildman–Crippen LogP) is 2.36. The van der Waals surface area contributed by atoms with Crippen molar-refractivity contribution in [3.63, 3.8) is 0 Å². The number of aliphatic carboxylic acids is 1. The van der Waals surface area contributed by atoms with Gasteiger partial charge in [0.1, 0.15) is 0 Å². The van der Waals surface area contributed by atoms with E-state index < -0.39 is 11.9 Å². The minimum atomic E-state index is -0.806. The maximum atomic E-state index is 12.4. The van der Waals surface area contributed by atoms with E-state index in [2.05, 4.69) is 11.4 Å². The fraction of sp³-hybridized carbons (Fsp3) is 0.550. The van der Waals surface area contributed by atoms with Crippen LogP contribution in [0.25, 0.3) is 0 Å². The first kappa shape index (κ1) is 18.4. The number of hydrogen-bond donors (Lipinski definition) is 2. The van der Waals surface area contributed by atoms with Gasteiger partial charge in [-0.1, -0.05) is 24.6 Å². The van der Waals surface area contributed by atoms with Gasteiger partial charge in [-0.25, -0.2) is 0 Å². The van der Waals surface area contributed by atoms with Crippen molar-refractivity contribution in [2.45, 2.75) is 44.9 Å². The molecule has 1 aromatic carbocycles. The summed E-state index contributed by atoms with van der Waals surface area (Å²) in [5.74, 6) is -1.41. The molecule has 1 fully saturated rings. The lowest BCUT2D eigenvalue weighted by atomic mass is 9.81. The van der Waals surface area contributed by atoms with Crippen LogP contribution < -0.4 is 10.2 Å². The largest absolute Gasteiger partial charge is 0.481 e. The molecule has 1 saturated carbocycles. The van der Waals surface area contributed by atoms with E-state index in [4.69, 9.17) is 5.11 Å². The van der Waals surface area contributed by atoms with E-state index in [-0.39, 0.29) is 17.7 Å². The molecular weight excluding hydrogens is 332 g/mol. The molecule has 2 unspecified atom stereocenters. The van der Waals surface area contributed by atoms with Crippen LogP contribution in [0.1, 0.15) is 44.1 Å². The Morgan fingerprint density at radius 3 is 2.73 bits per heavy atom. The molecule has 0 bridgehead atoms. The van der Waals surface area contributed by atoms with Gasteiger partial charge >= 0.3 is 5.97 Å². The average Bonchev–Trinajstić information content (AvgIpc) is 3.09. The first-order valence-electron chi connectivity index (χ1n) is 9.45. The second-order valence-corrected chi connectivity index (χ2v) is 7.22. The molecule has 6 heteroatoms. The van der Waals surface area contributed by atoms with Crippen LogP contribution in [0.2, 0.25) is 0 Å². The Labute approximate surface area is 153 Å². The highest BCUT2D eigenvalue weighted by Gasteiger charge is 2.31. The SMILES string of the molecule is O=C(O)C1CCCC(C(=O)NCCCC(=O)N2CCc3ccccc32)C1. The van der Waals surface area contributed by atoms with Crippen molar-refractivity contribution in [3.05, 3.63) is 29.8 Å². The van der Waals surface area contributed by atoms with Gasteiger partial charge < -0.3 is 15.3 Å². The third kappa shape index (κ3) is 4.23. The van der Waals surface area contributed by atoms with Gasteiger partial charge in [0.25, 0.3) is 0 Å². The van der Waals surface area contributed by atoms with Crippen LogP contribution in [0.4, 0.5) is 5.69 Å². The van der Waals surface area contributed by atoms with Crippen LogP contribution in [0.5, 0.6) is 0 Å². The second-order valence-electron chi connectivity index (χ2n) is 7.22. The van der Waals surface area contributed by atoms with Gasteiger partial charge in [-0.15, -0.1) is 0 Å². The third-order valence-electron chi connectivity index (χ3n) is 5.45. The van der Waals surface area contributed by atoms with Gasteiger partial charge in [-0.3, -0.25) is 14.4 Å². The highest BCUT2D eigenvalue weighted by molar-refractivity contribution is 5.95. The van der Waals surface area contributed by atoms with E-state index in [1.54, 1.807) is 0 Å². The van der Waals surface area contributed by atoms with Gasteiger partial charge in [-0.2, -0.15) is 0 Å². The van der Waals surface area contributed by atoms with Crippen molar-refractivity contribution in [1.29, 1.82) is 0 Å². The number of benzene rings is 1. The summed E-state index contributed by atoms with van der Waals surface area (Å²) in [7, 11) is 0. The van der Waals surface area contributed by atoms with E-state index in [0.29, 0.717) is 32.2 Å². The summed E-state index contributed by atoms with van der Waals surface area (Å²) in [5, 5.41) is 12.0. The zero-order chi connectivity index (χ0) is 18.5. The van der Waals surface area contributed by atoms with Gasteiger partial charge in [0.05, 0.1) is 5.92 Å². The number of rotatable bonds is 6. The fourth-order valence-electron chi connectivity index (χ4n) is 3.98. The van der Waals surface area contributed by atoms with Gasteiger partial charge in [0, 0.05) is 31.1 Å². The number of hydrogen-bond acceptors (Lipinski definition) is 3. The lowest BCUT2D eigenvalue weighted by Gasteiger charge is -2.25. The first-order valence-corrected chi connectivity index (χ1v) is 9.45. The lowest BCUT2D eigenvalue weighted by molar-refractivity contribution is -0.144. The normalized spacial score (nSPS) is 21.9. The summed E-state index contributed by atoms with van der Waals surface area (Å²) in [5.41, 5.74) is 2.21. The van der Waals surface area contributed by atoms with Crippen molar-refractivity contribution in [2.24, 2.45) is 11.8 Å². The standard InChI is InChI=1S/C20H26N2O4/c23-18(22-12-10-14-5-1-2-8-17(14)22)9-4-11-21-19(24)15-6-3-7-16(13-15)20(25)26/h1-2,5,8,15-16H,3-4,6-7,9-13H2,(H,21,24)(H,25,26). The van der Waals surface area contributed by atoms with Crippen molar-refractivity contribution in [2.75, 3.05) is 18.0 Å². The van der Waals surface area contributed by atoms with Crippen LogP contribution in [-0.2, 0) is 20.8 Å². The predicted molar refractivity (Wildman–Crippen MR) is 97.8 cm³/mol. The van der Waals surface area contributed by atoms with E-state index in [1.807, 2.05) is 23.1 Å². The topological polar surface area (TPSA) is 86.7 Å². The van der Waals surface area contributed by atoms with Crippen LogP contribution in [0.3, 0.4) is 0 Å². The second kappa shape index (κ2) is 8.34. The summed E-state index contributed by atoms with van der Waals surface area (Å²) in [6.45, 7) is 1.18. The first-order chi connectivity index (χ1) is 12.6.